The van der Waals surface area contributed by atoms with Gasteiger partial charge in [-0.25, -0.2) is 4.68 Å². The van der Waals surface area contributed by atoms with E-state index in [1.54, 1.807) is 0 Å². The van der Waals surface area contributed by atoms with E-state index in [2.05, 4.69) is 10.4 Å². The van der Waals surface area contributed by atoms with Gasteiger partial charge in [-0.05, 0) is 25.2 Å². The van der Waals surface area contributed by atoms with Gasteiger partial charge in [-0.15, -0.1) is 0 Å². The van der Waals surface area contributed by atoms with Crippen molar-refractivity contribution in [1.29, 1.82) is 0 Å². The minimum Gasteiger partial charge on any atom is -0.316 e. The summed E-state index contributed by atoms with van der Waals surface area (Å²) >= 11 is 5.91. The van der Waals surface area contributed by atoms with Crippen LogP contribution in [0.3, 0.4) is 0 Å². The molecule has 78 valence electrons. The van der Waals surface area contributed by atoms with E-state index in [0.29, 0.717) is 0 Å². The molecule has 0 fully saturated rings. The van der Waals surface area contributed by atoms with Crippen LogP contribution in [0.5, 0.6) is 0 Å². The summed E-state index contributed by atoms with van der Waals surface area (Å²) in [4.78, 5) is 0. The maximum absolute atomic E-state index is 5.91. The van der Waals surface area contributed by atoms with Gasteiger partial charge < -0.3 is 5.32 Å². The summed E-state index contributed by atoms with van der Waals surface area (Å²) in [7, 11) is 1.91. The first-order valence-corrected chi connectivity index (χ1v) is 5.11. The Morgan fingerprint density at radius 2 is 2.33 bits per heavy atom. The third kappa shape index (κ3) is 2.37. The van der Waals surface area contributed by atoms with Crippen molar-refractivity contribution in [2.45, 2.75) is 6.54 Å². The summed E-state index contributed by atoms with van der Waals surface area (Å²) in [5, 5.41) is 8.07. The fourth-order valence-corrected chi connectivity index (χ4v) is 1.60. The topological polar surface area (TPSA) is 29.9 Å². The normalized spacial score (nSPS) is 10.5. The molecule has 2 rings (SSSR count). The highest BCUT2D eigenvalue weighted by molar-refractivity contribution is 6.30. The molecule has 1 N–H and O–H groups in total. The molecule has 2 aromatic rings. The lowest BCUT2D eigenvalue weighted by Gasteiger charge is -2.00. The second-order valence-electron chi connectivity index (χ2n) is 3.30. The van der Waals surface area contributed by atoms with E-state index in [1.807, 2.05) is 48.4 Å². The molecule has 15 heavy (non-hydrogen) atoms. The summed E-state index contributed by atoms with van der Waals surface area (Å²) in [6.45, 7) is 0.820. The largest absolute Gasteiger partial charge is 0.316 e. The zero-order valence-corrected chi connectivity index (χ0v) is 9.20. The van der Waals surface area contributed by atoms with Crippen LogP contribution in [0.2, 0.25) is 5.02 Å². The lowest BCUT2D eigenvalue weighted by Crippen LogP contribution is -2.03. The van der Waals surface area contributed by atoms with Gasteiger partial charge in [0.25, 0.3) is 0 Å². The number of hydrogen-bond acceptors (Lipinski definition) is 2. The smallest absolute Gasteiger partial charge is 0.0660 e. The van der Waals surface area contributed by atoms with Crippen molar-refractivity contribution in [3.05, 3.63) is 47.2 Å². The van der Waals surface area contributed by atoms with Crippen LogP contribution in [0, 0.1) is 0 Å². The molecule has 0 spiro atoms. The van der Waals surface area contributed by atoms with Gasteiger partial charge >= 0.3 is 0 Å². The number of halogens is 1. The van der Waals surface area contributed by atoms with E-state index in [0.717, 1.165) is 22.8 Å². The SMILES string of the molecule is CNCc1cnn(-c2cccc(Cl)c2)c1. The van der Waals surface area contributed by atoms with Gasteiger partial charge in [0, 0.05) is 23.3 Å². The molecule has 0 saturated carbocycles. The molecule has 0 aliphatic carbocycles. The van der Waals surface area contributed by atoms with Gasteiger partial charge in [0.05, 0.1) is 11.9 Å². The van der Waals surface area contributed by atoms with Crippen LogP contribution in [-0.2, 0) is 6.54 Å². The highest BCUT2D eigenvalue weighted by Crippen LogP contribution is 2.14. The monoisotopic (exact) mass is 221 g/mol. The van der Waals surface area contributed by atoms with Crippen molar-refractivity contribution in [3.8, 4) is 5.69 Å². The number of hydrogen-bond donors (Lipinski definition) is 1. The molecule has 0 aliphatic rings. The fourth-order valence-electron chi connectivity index (χ4n) is 1.42. The first-order chi connectivity index (χ1) is 7.29. The highest BCUT2D eigenvalue weighted by atomic mass is 35.5. The molecule has 4 heteroatoms. The minimum atomic E-state index is 0.721. The standard InChI is InChI=1S/C11H12ClN3/c1-13-6-9-7-14-15(8-9)11-4-2-3-10(12)5-11/h2-5,7-8,13H,6H2,1H3. The Morgan fingerprint density at radius 3 is 3.07 bits per heavy atom. The van der Waals surface area contributed by atoms with Crippen LogP contribution in [-0.4, -0.2) is 16.8 Å². The van der Waals surface area contributed by atoms with E-state index < -0.39 is 0 Å². The second kappa shape index (κ2) is 4.47. The molecule has 0 aliphatic heterocycles. The summed E-state index contributed by atoms with van der Waals surface area (Å²) in [5.41, 5.74) is 2.13. The fraction of sp³-hybridized carbons (Fsp3) is 0.182. The zero-order valence-electron chi connectivity index (χ0n) is 8.44. The quantitative estimate of drug-likeness (QED) is 0.862. The van der Waals surface area contributed by atoms with Crippen molar-refractivity contribution in [3.63, 3.8) is 0 Å². The predicted octanol–water partition coefficient (Wildman–Crippen LogP) is 2.25. The Morgan fingerprint density at radius 1 is 1.47 bits per heavy atom. The average Bonchev–Trinajstić information content (AvgIpc) is 2.67. The van der Waals surface area contributed by atoms with E-state index in [1.165, 1.54) is 0 Å². The number of nitrogens with zero attached hydrogens (tertiary/aromatic N) is 2. The van der Waals surface area contributed by atoms with E-state index in [-0.39, 0.29) is 0 Å². The summed E-state index contributed by atoms with van der Waals surface area (Å²) in [6, 6.07) is 7.62. The molecular weight excluding hydrogens is 210 g/mol. The van der Waals surface area contributed by atoms with Gasteiger partial charge in [0.1, 0.15) is 0 Å². The molecule has 1 heterocycles. The van der Waals surface area contributed by atoms with Crippen molar-refractivity contribution in [1.82, 2.24) is 15.1 Å². The molecule has 1 aromatic heterocycles. The third-order valence-electron chi connectivity index (χ3n) is 2.09. The molecule has 0 saturated heterocycles. The molecule has 0 radical (unpaired) electrons. The van der Waals surface area contributed by atoms with E-state index in [9.17, 15) is 0 Å². The van der Waals surface area contributed by atoms with Crippen molar-refractivity contribution in [2.75, 3.05) is 7.05 Å². The van der Waals surface area contributed by atoms with Gasteiger partial charge in [-0.2, -0.15) is 5.10 Å². The van der Waals surface area contributed by atoms with Crippen molar-refractivity contribution >= 4 is 11.6 Å². The number of aromatic nitrogens is 2. The Kier molecular flexibility index (Phi) is 3.04. The third-order valence-corrected chi connectivity index (χ3v) is 2.32. The number of rotatable bonds is 3. The summed E-state index contributed by atoms with van der Waals surface area (Å²) < 4.78 is 1.82. The van der Waals surface area contributed by atoms with Gasteiger partial charge in [-0.3, -0.25) is 0 Å². The molecule has 0 atom stereocenters. The van der Waals surface area contributed by atoms with Crippen LogP contribution in [0.4, 0.5) is 0 Å². The maximum atomic E-state index is 5.91. The van der Waals surface area contributed by atoms with Crippen LogP contribution in [0.25, 0.3) is 5.69 Å². The van der Waals surface area contributed by atoms with Gasteiger partial charge in [0.15, 0.2) is 0 Å². The average molecular weight is 222 g/mol. The molecule has 3 nitrogen and oxygen atoms in total. The van der Waals surface area contributed by atoms with Crippen LogP contribution >= 0.6 is 11.6 Å². The molecular formula is C11H12ClN3. The lowest BCUT2D eigenvalue weighted by molar-refractivity contribution is 0.816. The van der Waals surface area contributed by atoms with Gasteiger partial charge in [-0.1, -0.05) is 17.7 Å². The van der Waals surface area contributed by atoms with Crippen molar-refractivity contribution < 1.29 is 0 Å². The Hall–Kier alpha value is -1.32. The number of benzene rings is 1. The zero-order chi connectivity index (χ0) is 10.7. The Bertz CT molecular complexity index is 451. The molecule has 1 aromatic carbocycles. The lowest BCUT2D eigenvalue weighted by atomic mass is 10.3. The minimum absolute atomic E-state index is 0.721. The molecule has 0 amide bonds. The van der Waals surface area contributed by atoms with E-state index >= 15 is 0 Å². The number of nitrogens with one attached hydrogen (secondary N) is 1. The first-order valence-electron chi connectivity index (χ1n) is 4.73. The Labute approximate surface area is 93.7 Å². The molecule has 0 bridgehead atoms. The van der Waals surface area contributed by atoms with Crippen LogP contribution < -0.4 is 5.32 Å². The summed E-state index contributed by atoms with van der Waals surface area (Å²) in [5.74, 6) is 0. The Balaban J connectivity index is 2.29. The summed E-state index contributed by atoms with van der Waals surface area (Å²) in [6.07, 6.45) is 3.83. The maximum Gasteiger partial charge on any atom is 0.0660 e. The highest BCUT2D eigenvalue weighted by Gasteiger charge is 2.00. The van der Waals surface area contributed by atoms with Gasteiger partial charge in [0.2, 0.25) is 0 Å². The first kappa shape index (κ1) is 10.2. The predicted molar refractivity (Wildman–Crippen MR) is 61.3 cm³/mol. The molecule has 0 unspecified atom stereocenters. The second-order valence-corrected chi connectivity index (χ2v) is 3.74. The van der Waals surface area contributed by atoms with E-state index in [4.69, 9.17) is 11.6 Å². The van der Waals surface area contributed by atoms with Crippen LogP contribution in [0.15, 0.2) is 36.7 Å². The van der Waals surface area contributed by atoms with Crippen molar-refractivity contribution in [2.24, 2.45) is 0 Å². The van der Waals surface area contributed by atoms with Crippen LogP contribution in [0.1, 0.15) is 5.56 Å².